The lowest BCUT2D eigenvalue weighted by Crippen LogP contribution is -2.37. The molecule has 0 bridgehead atoms. The molecular weight excluding hydrogens is 390 g/mol. The van der Waals surface area contributed by atoms with Crippen molar-refractivity contribution in [1.29, 1.82) is 0 Å². The summed E-state index contributed by atoms with van der Waals surface area (Å²) in [5, 5.41) is 11.6. The molecule has 152 valence electrons. The van der Waals surface area contributed by atoms with Crippen LogP contribution in [0.25, 0.3) is 11.2 Å². The summed E-state index contributed by atoms with van der Waals surface area (Å²) in [6.45, 7) is -0.0176. The highest BCUT2D eigenvalue weighted by Crippen LogP contribution is 2.28. The number of rotatable bonds is 5. The van der Waals surface area contributed by atoms with Gasteiger partial charge in [-0.25, -0.2) is 9.36 Å². The highest BCUT2D eigenvalue weighted by atomic mass is 16.6. The fraction of sp³-hybridized carbons (Fsp3) is 0.150. The predicted molar refractivity (Wildman–Crippen MR) is 109 cm³/mol. The van der Waals surface area contributed by atoms with E-state index in [2.05, 4.69) is 4.98 Å². The van der Waals surface area contributed by atoms with Gasteiger partial charge < -0.3 is 14.9 Å². The van der Waals surface area contributed by atoms with E-state index in [1.54, 1.807) is 36.4 Å². The molecule has 0 fully saturated rings. The summed E-state index contributed by atoms with van der Waals surface area (Å²) in [4.78, 5) is 39.7. The molecule has 2 aromatic carbocycles. The molecule has 30 heavy (non-hydrogen) atoms. The summed E-state index contributed by atoms with van der Waals surface area (Å²) in [6, 6.07) is 16.2. The summed E-state index contributed by atoms with van der Waals surface area (Å²) >= 11 is 0. The van der Waals surface area contributed by atoms with Crippen LogP contribution in [0.4, 0.5) is 5.95 Å². The molecule has 4 rings (SSSR count). The predicted octanol–water partition coefficient (Wildman–Crippen LogP) is 2.18. The minimum atomic E-state index is -0.691. The number of nitrogens with zero attached hydrogens (tertiary/aromatic N) is 5. The van der Waals surface area contributed by atoms with Crippen molar-refractivity contribution in [3.63, 3.8) is 0 Å². The van der Waals surface area contributed by atoms with Gasteiger partial charge in [0.25, 0.3) is 5.52 Å². The molecule has 0 aliphatic rings. The van der Waals surface area contributed by atoms with Gasteiger partial charge in [-0.2, -0.15) is 0 Å². The van der Waals surface area contributed by atoms with E-state index in [4.69, 9.17) is 4.74 Å². The molecule has 0 saturated carbocycles. The van der Waals surface area contributed by atoms with Crippen LogP contribution in [0.15, 0.2) is 64.2 Å². The van der Waals surface area contributed by atoms with Gasteiger partial charge in [0.15, 0.2) is 0 Å². The Hall–Kier alpha value is -4.21. The minimum Gasteiger partial charge on any atom is -0.457 e. The third kappa shape index (κ3) is 3.13. The van der Waals surface area contributed by atoms with E-state index in [1.165, 1.54) is 23.2 Å². The van der Waals surface area contributed by atoms with E-state index in [0.29, 0.717) is 17.1 Å². The molecule has 0 saturated heterocycles. The quantitative estimate of drug-likeness (QED) is 0.370. The van der Waals surface area contributed by atoms with Crippen molar-refractivity contribution in [2.75, 3.05) is 0 Å². The van der Waals surface area contributed by atoms with Gasteiger partial charge in [0, 0.05) is 19.7 Å². The molecule has 2 heterocycles. The molecule has 10 heteroatoms. The standard InChI is InChI=1S/C20H17N5O5/c1-22-17-16(18(26)23(2)20(22)27)21-19(25(28)29)24(17)12-13-8-6-7-11-15(13)30-14-9-4-3-5-10-14/h3-11H,12H2,1-2H3. The molecule has 0 aliphatic carbocycles. The fourth-order valence-electron chi connectivity index (χ4n) is 3.28. The first-order chi connectivity index (χ1) is 14.4. The van der Waals surface area contributed by atoms with Crippen LogP contribution in [0.5, 0.6) is 11.5 Å². The first-order valence-electron chi connectivity index (χ1n) is 9.00. The van der Waals surface area contributed by atoms with E-state index < -0.39 is 22.1 Å². The topological polar surface area (TPSA) is 114 Å². The van der Waals surface area contributed by atoms with Crippen molar-refractivity contribution in [2.45, 2.75) is 6.54 Å². The molecule has 0 atom stereocenters. The van der Waals surface area contributed by atoms with Crippen LogP contribution >= 0.6 is 0 Å². The van der Waals surface area contributed by atoms with Crippen LogP contribution in [-0.2, 0) is 20.6 Å². The van der Waals surface area contributed by atoms with Crippen molar-refractivity contribution in [3.05, 3.63) is 91.1 Å². The Balaban J connectivity index is 1.90. The first kappa shape index (κ1) is 19.1. The van der Waals surface area contributed by atoms with Crippen molar-refractivity contribution in [3.8, 4) is 11.5 Å². The van der Waals surface area contributed by atoms with Gasteiger partial charge in [-0.05, 0) is 23.1 Å². The fourth-order valence-corrected chi connectivity index (χ4v) is 3.28. The Labute approximate surface area is 169 Å². The van der Waals surface area contributed by atoms with E-state index in [-0.39, 0.29) is 17.7 Å². The van der Waals surface area contributed by atoms with Gasteiger partial charge >= 0.3 is 17.2 Å². The summed E-state index contributed by atoms with van der Waals surface area (Å²) in [7, 11) is 2.75. The minimum absolute atomic E-state index is 0.0176. The zero-order valence-corrected chi connectivity index (χ0v) is 16.2. The molecule has 0 radical (unpaired) electrons. The second kappa shape index (κ2) is 7.32. The summed E-state index contributed by atoms with van der Waals surface area (Å²) < 4.78 is 9.22. The van der Waals surface area contributed by atoms with E-state index in [1.807, 2.05) is 18.2 Å². The van der Waals surface area contributed by atoms with Gasteiger partial charge in [-0.15, -0.1) is 0 Å². The number of hydrogen-bond donors (Lipinski definition) is 0. The van der Waals surface area contributed by atoms with Crippen LogP contribution in [-0.4, -0.2) is 23.6 Å². The Morgan fingerprint density at radius 1 is 1.00 bits per heavy atom. The number of aryl methyl sites for hydroxylation is 1. The third-order valence-electron chi connectivity index (χ3n) is 4.75. The van der Waals surface area contributed by atoms with Crippen LogP contribution in [0.3, 0.4) is 0 Å². The second-order valence-corrected chi connectivity index (χ2v) is 6.66. The highest BCUT2D eigenvalue weighted by Gasteiger charge is 2.28. The van der Waals surface area contributed by atoms with Crippen molar-refractivity contribution in [2.24, 2.45) is 14.1 Å². The third-order valence-corrected chi connectivity index (χ3v) is 4.75. The van der Waals surface area contributed by atoms with Gasteiger partial charge in [0.1, 0.15) is 18.0 Å². The lowest BCUT2D eigenvalue weighted by atomic mass is 10.2. The molecule has 0 unspecified atom stereocenters. The zero-order valence-electron chi connectivity index (χ0n) is 16.2. The highest BCUT2D eigenvalue weighted by molar-refractivity contribution is 5.73. The number of ether oxygens (including phenoxy) is 1. The maximum absolute atomic E-state index is 12.5. The zero-order chi connectivity index (χ0) is 21.4. The summed E-state index contributed by atoms with van der Waals surface area (Å²) in [5.41, 5.74) is -0.741. The number of hydrogen-bond acceptors (Lipinski definition) is 6. The molecule has 0 amide bonds. The molecule has 0 spiro atoms. The molecule has 0 N–H and O–H groups in total. The lowest BCUT2D eigenvalue weighted by Gasteiger charge is -2.11. The van der Waals surface area contributed by atoms with Crippen LogP contribution in [0, 0.1) is 10.1 Å². The average Bonchev–Trinajstić information content (AvgIpc) is 3.12. The summed E-state index contributed by atoms with van der Waals surface area (Å²) in [6.07, 6.45) is 0. The number of fused-ring (bicyclic) bond motifs is 1. The van der Waals surface area contributed by atoms with Crippen LogP contribution < -0.4 is 16.0 Å². The smallest absolute Gasteiger partial charge is 0.437 e. The SMILES string of the molecule is Cn1c(=O)c2nc([N+](=O)[O-])n(Cc3ccccc3Oc3ccccc3)c2n(C)c1=O. The van der Waals surface area contributed by atoms with Gasteiger partial charge in [0.05, 0.1) is 0 Å². The second-order valence-electron chi connectivity index (χ2n) is 6.66. The van der Waals surface area contributed by atoms with Crippen molar-refractivity contribution >= 4 is 17.1 Å². The number of aromatic nitrogens is 4. The van der Waals surface area contributed by atoms with Gasteiger partial charge in [-0.1, -0.05) is 41.4 Å². The van der Waals surface area contributed by atoms with Gasteiger partial charge in [0.2, 0.25) is 5.65 Å². The lowest BCUT2D eigenvalue weighted by molar-refractivity contribution is -0.396. The first-order valence-corrected chi connectivity index (χ1v) is 9.00. The van der Waals surface area contributed by atoms with Crippen molar-refractivity contribution < 1.29 is 9.66 Å². The largest absolute Gasteiger partial charge is 0.457 e. The number of imidazole rings is 1. The Kier molecular flexibility index (Phi) is 4.66. The van der Waals surface area contributed by atoms with Crippen molar-refractivity contribution in [1.82, 2.24) is 18.7 Å². The van der Waals surface area contributed by atoms with Gasteiger partial charge in [-0.3, -0.25) is 13.9 Å². The molecule has 0 aliphatic heterocycles. The monoisotopic (exact) mass is 407 g/mol. The van der Waals surface area contributed by atoms with Crippen LogP contribution in [0.1, 0.15) is 5.56 Å². The molecule has 4 aromatic rings. The number of nitro groups is 1. The summed E-state index contributed by atoms with van der Waals surface area (Å²) in [5.74, 6) is 0.572. The number of benzene rings is 2. The van der Waals surface area contributed by atoms with E-state index >= 15 is 0 Å². The van der Waals surface area contributed by atoms with E-state index in [9.17, 15) is 19.7 Å². The maximum Gasteiger partial charge on any atom is 0.437 e. The average molecular weight is 407 g/mol. The molecule has 2 aromatic heterocycles. The van der Waals surface area contributed by atoms with Crippen LogP contribution in [0.2, 0.25) is 0 Å². The Morgan fingerprint density at radius 3 is 2.37 bits per heavy atom. The Bertz CT molecular complexity index is 1380. The van der Waals surface area contributed by atoms with E-state index in [0.717, 1.165) is 4.57 Å². The normalized spacial score (nSPS) is 11.0. The maximum atomic E-state index is 12.5. The Morgan fingerprint density at radius 2 is 1.67 bits per heavy atom. The molecular formula is C20H17N5O5. The molecule has 10 nitrogen and oxygen atoms in total. The number of para-hydroxylation sites is 2.